The first-order valence-corrected chi connectivity index (χ1v) is 14.0. The van der Waals surface area contributed by atoms with E-state index < -0.39 is 25.8 Å². The lowest BCUT2D eigenvalue weighted by Crippen LogP contribution is -2.58. The van der Waals surface area contributed by atoms with Crippen molar-refractivity contribution < 1.29 is 28.2 Å². The number of methoxy groups -OCH3 is 2. The lowest BCUT2D eigenvalue weighted by molar-refractivity contribution is -0.163. The van der Waals surface area contributed by atoms with E-state index in [2.05, 4.69) is 41.5 Å². The molecule has 0 radical (unpaired) electrons. The molecule has 184 valence electrons. The van der Waals surface area contributed by atoms with Gasteiger partial charge in [0, 0.05) is 20.6 Å². The fraction of sp³-hybridized carbons (Fsp3) is 0.800. The van der Waals surface area contributed by atoms with Gasteiger partial charge in [-0.05, 0) is 49.0 Å². The summed E-state index contributed by atoms with van der Waals surface area (Å²) < 4.78 is 30.2. The van der Waals surface area contributed by atoms with E-state index in [4.69, 9.17) is 23.4 Å². The molecule has 0 aromatic rings. The van der Waals surface area contributed by atoms with Crippen LogP contribution in [0.2, 0.25) is 16.6 Å². The molecule has 1 fully saturated rings. The van der Waals surface area contributed by atoms with Crippen LogP contribution in [-0.2, 0) is 28.2 Å². The minimum absolute atomic E-state index is 0.106. The zero-order valence-corrected chi connectivity index (χ0v) is 22.6. The molecule has 2 aliphatic rings. The maximum absolute atomic E-state index is 13.2. The van der Waals surface area contributed by atoms with Crippen LogP contribution >= 0.6 is 0 Å². The number of carbonyl (C=O) groups excluding carboxylic acids is 1. The topological polar surface area (TPSA) is 63.2 Å². The van der Waals surface area contributed by atoms with Gasteiger partial charge in [0.15, 0.2) is 23.5 Å². The molecule has 6 nitrogen and oxygen atoms in total. The second-order valence-electron chi connectivity index (χ2n) is 10.3. The van der Waals surface area contributed by atoms with Crippen LogP contribution in [0.15, 0.2) is 24.3 Å². The van der Waals surface area contributed by atoms with Gasteiger partial charge in [0.25, 0.3) is 0 Å². The monoisotopic (exact) mass is 468 g/mol. The number of allylic oxidation sites excluding steroid dienone is 1. The minimum Gasteiger partial charge on any atom is -0.407 e. The molecular weight excluding hydrogens is 424 g/mol. The van der Waals surface area contributed by atoms with E-state index in [1.54, 1.807) is 20.3 Å². The number of rotatable bonds is 11. The van der Waals surface area contributed by atoms with Gasteiger partial charge in [-0.3, -0.25) is 4.79 Å². The fourth-order valence-electron chi connectivity index (χ4n) is 5.58. The Bertz CT molecular complexity index is 673. The second kappa shape index (κ2) is 10.6. The van der Waals surface area contributed by atoms with Crippen molar-refractivity contribution in [3.63, 3.8) is 0 Å². The summed E-state index contributed by atoms with van der Waals surface area (Å²) in [6.45, 7) is 17.3. The molecule has 32 heavy (non-hydrogen) atoms. The maximum atomic E-state index is 13.2. The SMILES string of the molecule is COC(CC/C=C\[C@@]12OC(C)(C)O[C@@H]1C(O[Si](C(C)C)(C(C)C)C(C)C)C=CC2=O)OC. The van der Waals surface area contributed by atoms with Gasteiger partial charge in [-0.15, -0.1) is 0 Å². The highest BCUT2D eigenvalue weighted by atomic mass is 28.4. The van der Waals surface area contributed by atoms with Crippen LogP contribution in [0.5, 0.6) is 0 Å². The molecule has 0 aromatic carbocycles. The van der Waals surface area contributed by atoms with Crippen molar-refractivity contribution in [2.75, 3.05) is 14.2 Å². The molecule has 3 atom stereocenters. The van der Waals surface area contributed by atoms with Crippen LogP contribution in [-0.4, -0.2) is 58.2 Å². The van der Waals surface area contributed by atoms with Gasteiger partial charge in [0.2, 0.25) is 8.32 Å². The van der Waals surface area contributed by atoms with Crippen LogP contribution < -0.4 is 0 Å². The number of hydrogen-bond donors (Lipinski definition) is 0. The van der Waals surface area contributed by atoms with Crippen LogP contribution in [0.4, 0.5) is 0 Å². The molecule has 0 aromatic heterocycles. The third kappa shape index (κ3) is 5.29. The van der Waals surface area contributed by atoms with Crippen LogP contribution in [0.3, 0.4) is 0 Å². The van der Waals surface area contributed by atoms with Gasteiger partial charge in [0.1, 0.15) is 6.10 Å². The van der Waals surface area contributed by atoms with Crippen LogP contribution in [0.25, 0.3) is 0 Å². The average molecular weight is 469 g/mol. The molecule has 7 heteroatoms. The summed E-state index contributed by atoms with van der Waals surface area (Å²) in [5.41, 5.74) is 0.0837. The normalized spacial score (nSPS) is 28.1. The van der Waals surface area contributed by atoms with Gasteiger partial charge in [-0.1, -0.05) is 53.7 Å². The highest BCUT2D eigenvalue weighted by Crippen LogP contribution is 2.48. The molecule has 0 spiro atoms. The Morgan fingerprint density at radius 2 is 1.62 bits per heavy atom. The average Bonchev–Trinajstić information content (AvgIpc) is 2.99. The molecule has 1 saturated heterocycles. The Labute approximate surface area is 195 Å². The van der Waals surface area contributed by atoms with Gasteiger partial charge in [-0.25, -0.2) is 0 Å². The molecule has 1 aliphatic heterocycles. The van der Waals surface area contributed by atoms with Crippen LogP contribution in [0, 0.1) is 0 Å². The number of ketones is 1. The Morgan fingerprint density at radius 3 is 2.12 bits per heavy atom. The second-order valence-corrected chi connectivity index (χ2v) is 15.7. The third-order valence-corrected chi connectivity index (χ3v) is 13.0. The van der Waals surface area contributed by atoms with Crippen molar-refractivity contribution in [2.24, 2.45) is 0 Å². The molecule has 0 saturated carbocycles. The van der Waals surface area contributed by atoms with Crippen molar-refractivity contribution in [3.05, 3.63) is 24.3 Å². The van der Waals surface area contributed by atoms with Crippen molar-refractivity contribution in [3.8, 4) is 0 Å². The predicted molar refractivity (Wildman–Crippen MR) is 129 cm³/mol. The number of ether oxygens (including phenoxy) is 4. The third-order valence-electron chi connectivity index (χ3n) is 6.88. The first-order chi connectivity index (χ1) is 14.9. The first-order valence-electron chi connectivity index (χ1n) is 11.9. The molecule has 0 N–H and O–H groups in total. The van der Waals surface area contributed by atoms with E-state index in [0.29, 0.717) is 29.5 Å². The van der Waals surface area contributed by atoms with Gasteiger partial charge in [-0.2, -0.15) is 0 Å². The first kappa shape index (κ1) is 27.4. The van der Waals surface area contributed by atoms with E-state index in [0.717, 1.165) is 0 Å². The Balaban J connectivity index is 2.39. The lowest BCUT2D eigenvalue weighted by Gasteiger charge is -2.46. The molecule has 0 bridgehead atoms. The summed E-state index contributed by atoms with van der Waals surface area (Å²) >= 11 is 0. The summed E-state index contributed by atoms with van der Waals surface area (Å²) in [7, 11) is 1.05. The van der Waals surface area contributed by atoms with E-state index in [1.165, 1.54) is 0 Å². The fourth-order valence-corrected chi connectivity index (χ4v) is 11.1. The Morgan fingerprint density at radius 1 is 1.06 bits per heavy atom. The lowest BCUT2D eigenvalue weighted by atomic mass is 9.83. The standard InChI is InChI=1S/C25H44O6Si/c1-17(2)32(18(3)4,19(5)6)30-20-14-15-21(26)25(23(20)29-24(7,8)31-25)16-12-11-13-22(27-9)28-10/h12,14-20,22-23H,11,13H2,1-10H3/b16-12-/t20?,23-,25+/m1/s1. The van der Waals surface area contributed by atoms with Crippen molar-refractivity contribution in [2.45, 2.75) is 115 Å². The number of hydrogen-bond acceptors (Lipinski definition) is 6. The smallest absolute Gasteiger partial charge is 0.201 e. The number of carbonyl (C=O) groups is 1. The van der Waals surface area contributed by atoms with E-state index >= 15 is 0 Å². The van der Waals surface area contributed by atoms with Crippen molar-refractivity contribution in [1.29, 1.82) is 0 Å². The largest absolute Gasteiger partial charge is 0.407 e. The summed E-state index contributed by atoms with van der Waals surface area (Å²) in [5, 5.41) is 0. The van der Waals surface area contributed by atoms with E-state index in [9.17, 15) is 4.79 Å². The molecule has 1 unspecified atom stereocenters. The quantitative estimate of drug-likeness (QED) is 0.226. The Hall–Kier alpha value is -0.833. The molecular formula is C25H44O6Si. The zero-order valence-electron chi connectivity index (χ0n) is 21.6. The maximum Gasteiger partial charge on any atom is 0.201 e. The Kier molecular flexibility index (Phi) is 9.09. The summed E-state index contributed by atoms with van der Waals surface area (Å²) in [4.78, 5) is 13.2. The summed E-state index contributed by atoms with van der Waals surface area (Å²) in [5.74, 6) is -0.998. The zero-order chi connectivity index (χ0) is 24.3. The molecule has 0 amide bonds. The van der Waals surface area contributed by atoms with Gasteiger partial charge < -0.3 is 23.4 Å². The highest BCUT2D eigenvalue weighted by Gasteiger charge is 2.61. The van der Waals surface area contributed by atoms with Gasteiger partial charge in [0.05, 0.1) is 6.10 Å². The van der Waals surface area contributed by atoms with Crippen LogP contribution in [0.1, 0.15) is 68.2 Å². The van der Waals surface area contributed by atoms with Gasteiger partial charge >= 0.3 is 0 Å². The number of fused-ring (bicyclic) bond motifs is 1. The molecule has 1 aliphatic carbocycles. The minimum atomic E-state index is -2.19. The summed E-state index contributed by atoms with van der Waals surface area (Å²) in [6.07, 6.45) is 7.54. The highest BCUT2D eigenvalue weighted by molar-refractivity contribution is 6.77. The molecule has 1 heterocycles. The predicted octanol–water partition coefficient (Wildman–Crippen LogP) is 5.53. The summed E-state index contributed by atoms with van der Waals surface area (Å²) in [6, 6.07) is 0. The van der Waals surface area contributed by atoms with E-state index in [1.807, 2.05) is 32.1 Å². The van der Waals surface area contributed by atoms with Crippen molar-refractivity contribution >= 4 is 14.1 Å². The molecule has 2 rings (SSSR count). The van der Waals surface area contributed by atoms with E-state index in [-0.39, 0.29) is 18.2 Å². The van der Waals surface area contributed by atoms with Crippen molar-refractivity contribution in [1.82, 2.24) is 0 Å².